The maximum Gasteiger partial charge on any atom is 0.471 e. The third-order valence-electron chi connectivity index (χ3n) is 1.75. The molecule has 6 nitrogen and oxygen atoms in total. The van der Waals surface area contributed by atoms with Gasteiger partial charge in [0, 0.05) is 25.5 Å². The first-order chi connectivity index (χ1) is 8.41. The van der Waals surface area contributed by atoms with E-state index in [0.29, 0.717) is 0 Å². The Bertz CT molecular complexity index is 422. The van der Waals surface area contributed by atoms with Crippen molar-refractivity contribution in [1.82, 2.24) is 20.6 Å². The van der Waals surface area contributed by atoms with Gasteiger partial charge in [-0.2, -0.15) is 13.2 Å². The van der Waals surface area contributed by atoms with Crippen LogP contribution in [0.2, 0.25) is 0 Å². The van der Waals surface area contributed by atoms with Crippen LogP contribution in [0.5, 0.6) is 0 Å². The Hall–Kier alpha value is -2.19. The maximum atomic E-state index is 11.8. The van der Waals surface area contributed by atoms with Gasteiger partial charge in [0.2, 0.25) is 0 Å². The molecule has 98 valence electrons. The summed E-state index contributed by atoms with van der Waals surface area (Å²) in [6.45, 7) is -0.471. The van der Waals surface area contributed by atoms with Crippen molar-refractivity contribution in [1.29, 1.82) is 0 Å². The molecule has 2 amide bonds. The molecule has 0 aromatic carbocycles. The molecule has 0 bridgehead atoms. The minimum atomic E-state index is -4.92. The van der Waals surface area contributed by atoms with E-state index in [4.69, 9.17) is 0 Å². The lowest BCUT2D eigenvalue weighted by atomic mass is 10.4. The fraction of sp³-hybridized carbons (Fsp3) is 0.333. The molecule has 0 saturated carbocycles. The van der Waals surface area contributed by atoms with E-state index in [-0.39, 0.29) is 18.8 Å². The second-order valence-electron chi connectivity index (χ2n) is 3.10. The van der Waals surface area contributed by atoms with E-state index in [0.717, 1.165) is 0 Å². The van der Waals surface area contributed by atoms with Gasteiger partial charge in [-0.25, -0.2) is 4.98 Å². The Balaban J connectivity index is 2.27. The highest BCUT2D eigenvalue weighted by atomic mass is 19.4. The van der Waals surface area contributed by atoms with Crippen LogP contribution in [0.1, 0.15) is 10.5 Å². The Morgan fingerprint density at radius 3 is 2.39 bits per heavy atom. The zero-order valence-electron chi connectivity index (χ0n) is 8.99. The lowest BCUT2D eigenvalue weighted by Gasteiger charge is -2.08. The third kappa shape index (κ3) is 4.36. The molecular weight excluding hydrogens is 253 g/mol. The smallest absolute Gasteiger partial charge is 0.349 e. The van der Waals surface area contributed by atoms with E-state index < -0.39 is 18.0 Å². The summed E-state index contributed by atoms with van der Waals surface area (Å²) in [5.74, 6) is -2.62. The minimum absolute atomic E-state index is 0.0413. The Labute approximate surface area is 99.6 Å². The van der Waals surface area contributed by atoms with E-state index in [9.17, 15) is 22.8 Å². The van der Waals surface area contributed by atoms with Gasteiger partial charge in [-0.05, 0) is 0 Å². The van der Waals surface area contributed by atoms with E-state index >= 15 is 0 Å². The molecule has 9 heteroatoms. The SMILES string of the molecule is O=C(NCCNC(=O)C(F)(F)F)c1cnccn1. The van der Waals surface area contributed by atoms with Gasteiger partial charge in [-0.15, -0.1) is 0 Å². The number of carbonyl (C=O) groups is 2. The van der Waals surface area contributed by atoms with Crippen molar-refractivity contribution in [3.63, 3.8) is 0 Å². The molecule has 1 aromatic rings. The van der Waals surface area contributed by atoms with Crippen LogP contribution in [0, 0.1) is 0 Å². The number of rotatable bonds is 4. The zero-order chi connectivity index (χ0) is 13.6. The molecule has 2 N–H and O–H groups in total. The number of amides is 2. The molecular formula is C9H9F3N4O2. The maximum absolute atomic E-state index is 11.8. The second kappa shape index (κ2) is 5.94. The van der Waals surface area contributed by atoms with Crippen molar-refractivity contribution in [3.8, 4) is 0 Å². The molecule has 0 radical (unpaired) electrons. The minimum Gasteiger partial charge on any atom is -0.349 e. The monoisotopic (exact) mass is 262 g/mol. The zero-order valence-corrected chi connectivity index (χ0v) is 8.99. The number of alkyl halides is 3. The van der Waals surface area contributed by atoms with Crippen molar-refractivity contribution < 1.29 is 22.8 Å². The van der Waals surface area contributed by atoms with Crippen molar-refractivity contribution in [2.45, 2.75) is 6.18 Å². The number of aromatic nitrogens is 2. The molecule has 18 heavy (non-hydrogen) atoms. The van der Waals surface area contributed by atoms with Crippen LogP contribution in [0.25, 0.3) is 0 Å². The molecule has 1 rings (SSSR count). The van der Waals surface area contributed by atoms with Crippen LogP contribution >= 0.6 is 0 Å². The van der Waals surface area contributed by atoms with Gasteiger partial charge in [0.25, 0.3) is 5.91 Å². The van der Waals surface area contributed by atoms with E-state index in [1.165, 1.54) is 18.6 Å². The quantitative estimate of drug-likeness (QED) is 0.741. The first-order valence-electron chi connectivity index (χ1n) is 4.80. The highest BCUT2D eigenvalue weighted by Gasteiger charge is 2.38. The van der Waals surface area contributed by atoms with Gasteiger partial charge in [0.15, 0.2) is 0 Å². The number of hydrogen-bond donors (Lipinski definition) is 2. The number of nitrogens with zero attached hydrogens (tertiary/aromatic N) is 2. The van der Waals surface area contributed by atoms with Crippen LogP contribution in [0.3, 0.4) is 0 Å². The lowest BCUT2D eigenvalue weighted by molar-refractivity contribution is -0.173. The van der Waals surface area contributed by atoms with Gasteiger partial charge < -0.3 is 10.6 Å². The predicted octanol–water partition coefficient (Wildman–Crippen LogP) is -0.115. The largest absolute Gasteiger partial charge is 0.471 e. The van der Waals surface area contributed by atoms with E-state index in [2.05, 4.69) is 15.3 Å². The molecule has 0 spiro atoms. The summed E-state index contributed by atoms with van der Waals surface area (Å²) in [6.07, 6.45) is -1.03. The first kappa shape index (κ1) is 13.9. The highest BCUT2D eigenvalue weighted by molar-refractivity contribution is 5.91. The molecule has 0 aliphatic carbocycles. The van der Waals surface area contributed by atoms with Gasteiger partial charge in [-0.3, -0.25) is 14.6 Å². The average Bonchev–Trinajstić information content (AvgIpc) is 2.34. The van der Waals surface area contributed by atoms with Crippen LogP contribution in [-0.2, 0) is 4.79 Å². The first-order valence-corrected chi connectivity index (χ1v) is 4.80. The number of nitrogens with one attached hydrogen (secondary N) is 2. The van der Waals surface area contributed by atoms with Crippen LogP contribution in [0.15, 0.2) is 18.6 Å². The topological polar surface area (TPSA) is 84.0 Å². The number of halogens is 3. The van der Waals surface area contributed by atoms with Crippen molar-refractivity contribution in [3.05, 3.63) is 24.3 Å². The highest BCUT2D eigenvalue weighted by Crippen LogP contribution is 2.13. The Morgan fingerprint density at radius 1 is 1.17 bits per heavy atom. The fourth-order valence-electron chi connectivity index (χ4n) is 0.959. The Morgan fingerprint density at radius 2 is 1.83 bits per heavy atom. The summed E-state index contributed by atoms with van der Waals surface area (Å²) in [7, 11) is 0. The summed E-state index contributed by atoms with van der Waals surface area (Å²) in [6, 6.07) is 0. The number of hydrogen-bond acceptors (Lipinski definition) is 4. The second-order valence-corrected chi connectivity index (χ2v) is 3.10. The van der Waals surface area contributed by atoms with Gasteiger partial charge in [0.05, 0.1) is 6.20 Å². The predicted molar refractivity (Wildman–Crippen MR) is 53.4 cm³/mol. The summed E-state index contributed by atoms with van der Waals surface area (Å²) in [5, 5.41) is 3.90. The summed E-state index contributed by atoms with van der Waals surface area (Å²) >= 11 is 0. The van der Waals surface area contributed by atoms with Crippen LogP contribution in [-0.4, -0.2) is 41.0 Å². The van der Waals surface area contributed by atoms with Gasteiger partial charge >= 0.3 is 12.1 Å². The normalized spacial score (nSPS) is 10.8. The summed E-state index contributed by atoms with van der Waals surface area (Å²) in [5.41, 5.74) is 0.0413. The van der Waals surface area contributed by atoms with Gasteiger partial charge in [-0.1, -0.05) is 0 Å². The molecule has 0 fully saturated rings. The fourth-order valence-corrected chi connectivity index (χ4v) is 0.959. The van der Waals surface area contributed by atoms with Crippen molar-refractivity contribution >= 4 is 11.8 Å². The van der Waals surface area contributed by atoms with Crippen LogP contribution < -0.4 is 10.6 Å². The van der Waals surface area contributed by atoms with Crippen molar-refractivity contribution in [2.75, 3.05) is 13.1 Å². The Kier molecular flexibility index (Phi) is 4.58. The van der Waals surface area contributed by atoms with E-state index in [1.54, 1.807) is 5.32 Å². The average molecular weight is 262 g/mol. The molecule has 1 aromatic heterocycles. The van der Waals surface area contributed by atoms with E-state index in [1.807, 2.05) is 0 Å². The lowest BCUT2D eigenvalue weighted by Crippen LogP contribution is -2.41. The molecule has 0 aliphatic rings. The third-order valence-corrected chi connectivity index (χ3v) is 1.75. The molecule has 0 saturated heterocycles. The molecule has 0 atom stereocenters. The summed E-state index contributed by atoms with van der Waals surface area (Å²) in [4.78, 5) is 29.1. The standard InChI is InChI=1S/C9H9F3N4O2/c10-9(11,12)8(18)16-4-3-15-7(17)6-5-13-1-2-14-6/h1-2,5H,3-4H2,(H,15,17)(H,16,18). The van der Waals surface area contributed by atoms with Gasteiger partial charge in [0.1, 0.15) is 5.69 Å². The molecule has 0 unspecified atom stereocenters. The van der Waals surface area contributed by atoms with Crippen molar-refractivity contribution in [2.24, 2.45) is 0 Å². The molecule has 1 heterocycles. The number of carbonyl (C=O) groups excluding carboxylic acids is 2. The summed E-state index contributed by atoms with van der Waals surface area (Å²) < 4.78 is 35.3. The molecule has 0 aliphatic heterocycles. The van der Waals surface area contributed by atoms with Crippen LogP contribution in [0.4, 0.5) is 13.2 Å².